The van der Waals surface area contributed by atoms with Crippen LogP contribution in [0.25, 0.3) is 0 Å². The largest absolute Gasteiger partial charge is 0.366 e. The highest BCUT2D eigenvalue weighted by Gasteiger charge is 2.26. The summed E-state index contributed by atoms with van der Waals surface area (Å²) in [5, 5.41) is 0. The lowest BCUT2D eigenvalue weighted by molar-refractivity contribution is 0.351. The van der Waals surface area contributed by atoms with Crippen molar-refractivity contribution in [2.24, 2.45) is 17.6 Å². The highest BCUT2D eigenvalue weighted by molar-refractivity contribution is 5.51. The van der Waals surface area contributed by atoms with Gasteiger partial charge in [0.2, 0.25) is 0 Å². The first-order valence-corrected chi connectivity index (χ1v) is 7.35. The number of nitrogens with two attached hydrogens (primary N) is 1. The smallest absolute Gasteiger partial charge is 0.149 e. The van der Waals surface area contributed by atoms with E-state index in [4.69, 9.17) is 5.73 Å². The van der Waals surface area contributed by atoms with E-state index in [2.05, 4.69) is 13.8 Å². The lowest BCUT2D eigenvalue weighted by atomic mass is 9.91. The maximum Gasteiger partial charge on any atom is 0.149 e. The van der Waals surface area contributed by atoms with E-state index in [-0.39, 0.29) is 11.7 Å². The van der Waals surface area contributed by atoms with Crippen molar-refractivity contribution in [3.05, 3.63) is 29.3 Å². The molecule has 0 aliphatic carbocycles. The molecule has 3 atom stereocenters. The average molecular weight is 282 g/mol. The molecule has 2 N–H and O–H groups in total. The van der Waals surface area contributed by atoms with Gasteiger partial charge in [0, 0.05) is 19.1 Å². The third-order valence-corrected chi connectivity index (χ3v) is 3.82. The van der Waals surface area contributed by atoms with Crippen LogP contribution in [-0.2, 0) is 6.42 Å². The van der Waals surface area contributed by atoms with E-state index >= 15 is 0 Å². The second kappa shape index (κ2) is 6.08. The number of hydrogen-bond acceptors (Lipinski definition) is 2. The number of rotatable bonds is 3. The fourth-order valence-electron chi connectivity index (χ4n) is 3.26. The van der Waals surface area contributed by atoms with Gasteiger partial charge in [0.15, 0.2) is 0 Å². The molecule has 1 aliphatic rings. The second-order valence-corrected chi connectivity index (χ2v) is 6.44. The Bertz CT molecular complexity index is 441. The summed E-state index contributed by atoms with van der Waals surface area (Å²) in [6.45, 7) is 7.51. The number of piperidine rings is 1. The molecule has 0 aromatic heterocycles. The maximum absolute atomic E-state index is 14.3. The topological polar surface area (TPSA) is 29.3 Å². The Labute approximate surface area is 120 Å². The lowest BCUT2D eigenvalue weighted by Crippen LogP contribution is -2.39. The van der Waals surface area contributed by atoms with Crippen LogP contribution in [0.3, 0.4) is 0 Å². The predicted octanol–water partition coefficient (Wildman–Crippen LogP) is 3.34. The van der Waals surface area contributed by atoms with E-state index in [0.717, 1.165) is 6.42 Å². The molecule has 0 radical (unpaired) electrons. The van der Waals surface area contributed by atoms with Gasteiger partial charge in [0.1, 0.15) is 17.3 Å². The molecule has 0 amide bonds. The Hall–Kier alpha value is -1.16. The van der Waals surface area contributed by atoms with E-state index in [9.17, 15) is 8.78 Å². The van der Waals surface area contributed by atoms with Crippen molar-refractivity contribution in [1.82, 2.24) is 0 Å². The number of benzene rings is 1. The zero-order valence-electron chi connectivity index (χ0n) is 12.5. The molecule has 1 aromatic carbocycles. The Balaban J connectivity index is 2.27. The first-order chi connectivity index (χ1) is 9.36. The van der Waals surface area contributed by atoms with Gasteiger partial charge in [-0.05, 0) is 49.3 Å². The fraction of sp³-hybridized carbons (Fsp3) is 0.625. The molecule has 1 aromatic rings. The van der Waals surface area contributed by atoms with Crippen LogP contribution in [-0.4, -0.2) is 19.1 Å². The monoisotopic (exact) mass is 282 g/mol. The predicted molar refractivity (Wildman–Crippen MR) is 78.9 cm³/mol. The standard InChI is InChI=1S/C16H24F2N2/c1-10-4-11(2)9-20(8-10)16-14(17)6-13(5-12(3)19)7-15(16)18/h6-7,10-12H,4-5,8-9,19H2,1-3H3. The summed E-state index contributed by atoms with van der Waals surface area (Å²) in [6.07, 6.45) is 1.60. The highest BCUT2D eigenvalue weighted by Crippen LogP contribution is 2.31. The van der Waals surface area contributed by atoms with Gasteiger partial charge in [-0.15, -0.1) is 0 Å². The van der Waals surface area contributed by atoms with Crippen molar-refractivity contribution in [2.45, 2.75) is 39.7 Å². The van der Waals surface area contributed by atoms with Gasteiger partial charge in [-0.2, -0.15) is 0 Å². The van der Waals surface area contributed by atoms with Crippen LogP contribution < -0.4 is 10.6 Å². The minimum Gasteiger partial charge on any atom is -0.366 e. The van der Waals surface area contributed by atoms with Crippen LogP contribution in [0.15, 0.2) is 12.1 Å². The SMILES string of the molecule is CC(N)Cc1cc(F)c(N2CC(C)CC(C)C2)c(F)c1. The Morgan fingerprint density at radius 1 is 1.20 bits per heavy atom. The van der Waals surface area contributed by atoms with Gasteiger partial charge >= 0.3 is 0 Å². The minimum atomic E-state index is -0.470. The van der Waals surface area contributed by atoms with Gasteiger partial charge in [-0.3, -0.25) is 0 Å². The van der Waals surface area contributed by atoms with E-state index in [1.807, 2.05) is 11.8 Å². The molecule has 112 valence electrons. The Morgan fingerprint density at radius 3 is 2.15 bits per heavy atom. The van der Waals surface area contributed by atoms with E-state index < -0.39 is 11.6 Å². The van der Waals surface area contributed by atoms with Crippen molar-refractivity contribution >= 4 is 5.69 Å². The summed E-state index contributed by atoms with van der Waals surface area (Å²) in [7, 11) is 0. The third kappa shape index (κ3) is 3.48. The first-order valence-electron chi connectivity index (χ1n) is 7.35. The van der Waals surface area contributed by atoms with Crippen molar-refractivity contribution in [2.75, 3.05) is 18.0 Å². The summed E-state index contributed by atoms with van der Waals surface area (Å²) in [5.74, 6) is -0.0218. The molecule has 3 unspecified atom stereocenters. The van der Waals surface area contributed by atoms with E-state index in [1.165, 1.54) is 12.1 Å². The molecule has 2 nitrogen and oxygen atoms in total. The molecule has 0 saturated carbocycles. The first kappa shape index (κ1) is 15.2. The number of anilines is 1. The van der Waals surface area contributed by atoms with Gasteiger partial charge in [-0.1, -0.05) is 13.8 Å². The van der Waals surface area contributed by atoms with Crippen molar-refractivity contribution in [3.63, 3.8) is 0 Å². The van der Waals surface area contributed by atoms with Crippen LogP contribution in [0.1, 0.15) is 32.8 Å². The van der Waals surface area contributed by atoms with Crippen LogP contribution in [0, 0.1) is 23.5 Å². The van der Waals surface area contributed by atoms with Crippen LogP contribution in [0.4, 0.5) is 14.5 Å². The van der Waals surface area contributed by atoms with Crippen LogP contribution in [0.5, 0.6) is 0 Å². The maximum atomic E-state index is 14.3. The number of nitrogens with zero attached hydrogens (tertiary/aromatic N) is 1. The molecule has 20 heavy (non-hydrogen) atoms. The van der Waals surface area contributed by atoms with E-state index in [1.54, 1.807) is 0 Å². The van der Waals surface area contributed by atoms with Crippen LogP contribution >= 0.6 is 0 Å². The van der Waals surface area contributed by atoms with Crippen molar-refractivity contribution in [1.29, 1.82) is 0 Å². The van der Waals surface area contributed by atoms with Gasteiger partial charge in [0.25, 0.3) is 0 Å². The summed E-state index contributed by atoms with van der Waals surface area (Å²) in [6, 6.07) is 2.74. The minimum absolute atomic E-state index is 0.102. The molecule has 1 heterocycles. The van der Waals surface area contributed by atoms with Gasteiger partial charge in [-0.25, -0.2) is 8.78 Å². The average Bonchev–Trinajstić information content (AvgIpc) is 2.24. The zero-order chi connectivity index (χ0) is 14.9. The highest BCUT2D eigenvalue weighted by atomic mass is 19.1. The molecule has 1 fully saturated rings. The second-order valence-electron chi connectivity index (χ2n) is 6.44. The molecular formula is C16H24F2N2. The molecule has 1 aliphatic heterocycles. The zero-order valence-corrected chi connectivity index (χ0v) is 12.5. The molecule has 0 bridgehead atoms. The Morgan fingerprint density at radius 2 is 1.70 bits per heavy atom. The Kier molecular flexibility index (Phi) is 4.63. The number of hydrogen-bond donors (Lipinski definition) is 1. The summed E-state index contributed by atoms with van der Waals surface area (Å²) >= 11 is 0. The van der Waals surface area contributed by atoms with Crippen molar-refractivity contribution < 1.29 is 8.78 Å². The normalized spacial score (nSPS) is 24.8. The fourth-order valence-corrected chi connectivity index (χ4v) is 3.26. The molecule has 2 rings (SSSR count). The lowest BCUT2D eigenvalue weighted by Gasteiger charge is -2.37. The van der Waals surface area contributed by atoms with E-state index in [0.29, 0.717) is 36.9 Å². The quantitative estimate of drug-likeness (QED) is 0.921. The van der Waals surface area contributed by atoms with Gasteiger partial charge < -0.3 is 10.6 Å². The van der Waals surface area contributed by atoms with Gasteiger partial charge in [0.05, 0.1) is 0 Å². The third-order valence-electron chi connectivity index (χ3n) is 3.82. The summed E-state index contributed by atoms with van der Waals surface area (Å²) < 4.78 is 28.6. The summed E-state index contributed by atoms with van der Waals surface area (Å²) in [5.41, 5.74) is 6.43. The van der Waals surface area contributed by atoms with Crippen molar-refractivity contribution in [3.8, 4) is 0 Å². The molecule has 0 spiro atoms. The summed E-state index contributed by atoms with van der Waals surface area (Å²) in [4.78, 5) is 1.85. The molecule has 4 heteroatoms. The molecule has 1 saturated heterocycles. The number of halogens is 2. The molecular weight excluding hydrogens is 258 g/mol. The van der Waals surface area contributed by atoms with Crippen LogP contribution in [0.2, 0.25) is 0 Å².